The quantitative estimate of drug-likeness (QED) is 0.137. The summed E-state index contributed by atoms with van der Waals surface area (Å²) in [5.74, 6) is 3.22. The topological polar surface area (TPSA) is 12.0 Å². The van der Waals surface area contributed by atoms with Crippen LogP contribution in [-0.2, 0) is 0 Å². The highest BCUT2D eigenvalue weighted by atomic mass is 14.9. The number of rotatable bonds is 24. The van der Waals surface area contributed by atoms with Gasteiger partial charge in [0.1, 0.15) is 0 Å². The molecule has 0 aromatic carbocycles. The van der Waals surface area contributed by atoms with Gasteiger partial charge in [-0.15, -0.1) is 0 Å². The molecule has 1 heterocycles. The molecule has 1 aliphatic heterocycles. The molecule has 0 amide bonds. The highest BCUT2D eigenvalue weighted by Gasteiger charge is 2.35. The molecule has 4 atom stereocenters. The molecule has 1 aliphatic carbocycles. The Kier molecular flexibility index (Phi) is 18.7. The maximum Gasteiger partial charge on any atom is 0.00953 e. The summed E-state index contributed by atoms with van der Waals surface area (Å²) in [6.07, 6.45) is 38.5. The van der Waals surface area contributed by atoms with Crippen LogP contribution in [0, 0.1) is 17.8 Å². The molecule has 1 heteroatoms. The summed E-state index contributed by atoms with van der Waals surface area (Å²) in [4.78, 5) is 0. The lowest BCUT2D eigenvalue weighted by Crippen LogP contribution is -2.40. The second kappa shape index (κ2) is 21.1. The minimum absolute atomic E-state index is 0.840. The standard InChI is InChI=1S/C33H65N/c1-3-5-7-9-13-17-23-30(33-27-21-22-28-34-33)24-18-15-11-12-16-20-26-32-29-31(32)25-19-14-10-8-6-4-2/h30-34H,3-29H2,1-2H3. The molecule has 0 spiro atoms. The van der Waals surface area contributed by atoms with Crippen molar-refractivity contribution >= 4 is 0 Å². The van der Waals surface area contributed by atoms with Crippen LogP contribution in [0.15, 0.2) is 0 Å². The Labute approximate surface area is 216 Å². The third-order valence-electron chi connectivity index (χ3n) is 9.24. The summed E-state index contributed by atoms with van der Waals surface area (Å²) < 4.78 is 0. The normalized spacial score (nSPS) is 23.3. The average molecular weight is 476 g/mol. The Morgan fingerprint density at radius 1 is 0.559 bits per heavy atom. The van der Waals surface area contributed by atoms with E-state index in [1.165, 1.54) is 154 Å². The van der Waals surface area contributed by atoms with Crippen molar-refractivity contribution in [1.82, 2.24) is 5.32 Å². The summed E-state index contributed by atoms with van der Waals surface area (Å²) in [5.41, 5.74) is 0. The monoisotopic (exact) mass is 476 g/mol. The second-order valence-electron chi connectivity index (χ2n) is 12.4. The van der Waals surface area contributed by atoms with E-state index in [1.807, 2.05) is 0 Å². The first kappa shape index (κ1) is 30.2. The molecule has 202 valence electrons. The Morgan fingerprint density at radius 2 is 1.03 bits per heavy atom. The van der Waals surface area contributed by atoms with Gasteiger partial charge in [-0.2, -0.15) is 0 Å². The van der Waals surface area contributed by atoms with Crippen LogP contribution >= 0.6 is 0 Å². The zero-order valence-electron chi connectivity index (χ0n) is 23.9. The maximum absolute atomic E-state index is 3.89. The van der Waals surface area contributed by atoms with E-state index in [-0.39, 0.29) is 0 Å². The average Bonchev–Trinajstić information content (AvgIpc) is 3.62. The smallest absolute Gasteiger partial charge is 0.00953 e. The molecule has 1 nitrogen and oxygen atoms in total. The first-order chi connectivity index (χ1) is 16.8. The van der Waals surface area contributed by atoms with E-state index in [0.717, 1.165) is 23.8 Å². The Bertz CT molecular complexity index is 426. The highest BCUT2D eigenvalue weighted by Crippen LogP contribution is 2.45. The van der Waals surface area contributed by atoms with Gasteiger partial charge in [-0.3, -0.25) is 0 Å². The number of hydrogen-bond donors (Lipinski definition) is 1. The lowest BCUT2D eigenvalue weighted by atomic mass is 9.84. The van der Waals surface area contributed by atoms with E-state index in [2.05, 4.69) is 19.2 Å². The minimum Gasteiger partial charge on any atom is -0.314 e. The molecule has 0 bridgehead atoms. The van der Waals surface area contributed by atoms with Gasteiger partial charge in [-0.05, 0) is 56.4 Å². The van der Waals surface area contributed by atoms with Crippen LogP contribution in [0.3, 0.4) is 0 Å². The number of piperidine rings is 1. The Hall–Kier alpha value is -0.0400. The number of unbranched alkanes of at least 4 members (excludes halogenated alkanes) is 15. The van der Waals surface area contributed by atoms with Gasteiger partial charge in [0, 0.05) is 6.04 Å². The van der Waals surface area contributed by atoms with Crippen LogP contribution in [0.5, 0.6) is 0 Å². The summed E-state index contributed by atoms with van der Waals surface area (Å²) in [7, 11) is 0. The van der Waals surface area contributed by atoms with Crippen molar-refractivity contribution < 1.29 is 0 Å². The zero-order chi connectivity index (χ0) is 24.1. The van der Waals surface area contributed by atoms with Gasteiger partial charge in [0.25, 0.3) is 0 Å². The van der Waals surface area contributed by atoms with Crippen LogP contribution in [0.2, 0.25) is 0 Å². The number of hydrogen-bond acceptors (Lipinski definition) is 1. The molecule has 2 aliphatic rings. The van der Waals surface area contributed by atoms with Crippen LogP contribution in [0.25, 0.3) is 0 Å². The highest BCUT2D eigenvalue weighted by molar-refractivity contribution is 4.85. The molecule has 1 saturated carbocycles. The lowest BCUT2D eigenvalue weighted by molar-refractivity contribution is 0.256. The van der Waals surface area contributed by atoms with E-state index in [0.29, 0.717) is 0 Å². The third-order valence-corrected chi connectivity index (χ3v) is 9.24. The predicted octanol–water partition coefficient (Wildman–Crippen LogP) is 11.0. The fourth-order valence-electron chi connectivity index (χ4n) is 6.74. The van der Waals surface area contributed by atoms with Gasteiger partial charge in [-0.1, -0.05) is 149 Å². The van der Waals surface area contributed by atoms with E-state index >= 15 is 0 Å². The van der Waals surface area contributed by atoms with E-state index in [9.17, 15) is 0 Å². The molecular formula is C33H65N. The molecule has 2 rings (SSSR count). The van der Waals surface area contributed by atoms with Gasteiger partial charge < -0.3 is 5.32 Å². The first-order valence-electron chi connectivity index (χ1n) is 16.6. The zero-order valence-corrected chi connectivity index (χ0v) is 23.9. The van der Waals surface area contributed by atoms with Crippen LogP contribution in [0.1, 0.15) is 181 Å². The molecule has 0 aromatic heterocycles. The largest absolute Gasteiger partial charge is 0.314 e. The molecule has 0 radical (unpaired) electrons. The van der Waals surface area contributed by atoms with Crippen molar-refractivity contribution in [2.45, 2.75) is 187 Å². The Balaban J connectivity index is 1.41. The first-order valence-corrected chi connectivity index (χ1v) is 16.6. The van der Waals surface area contributed by atoms with E-state index in [4.69, 9.17) is 0 Å². The van der Waals surface area contributed by atoms with Crippen molar-refractivity contribution in [1.29, 1.82) is 0 Å². The van der Waals surface area contributed by atoms with Gasteiger partial charge in [-0.25, -0.2) is 0 Å². The lowest BCUT2D eigenvalue weighted by Gasteiger charge is -2.31. The van der Waals surface area contributed by atoms with Crippen molar-refractivity contribution in [3.63, 3.8) is 0 Å². The molecule has 2 fully saturated rings. The van der Waals surface area contributed by atoms with Crippen molar-refractivity contribution in [2.24, 2.45) is 17.8 Å². The summed E-state index contributed by atoms with van der Waals surface area (Å²) >= 11 is 0. The predicted molar refractivity (Wildman–Crippen MR) is 154 cm³/mol. The van der Waals surface area contributed by atoms with Crippen LogP contribution in [-0.4, -0.2) is 12.6 Å². The molecule has 1 N–H and O–H groups in total. The molecule has 1 saturated heterocycles. The van der Waals surface area contributed by atoms with Crippen molar-refractivity contribution in [3.05, 3.63) is 0 Å². The third kappa shape index (κ3) is 15.2. The van der Waals surface area contributed by atoms with Gasteiger partial charge in [0.2, 0.25) is 0 Å². The van der Waals surface area contributed by atoms with Gasteiger partial charge in [0.05, 0.1) is 0 Å². The maximum atomic E-state index is 3.89. The molecule has 34 heavy (non-hydrogen) atoms. The van der Waals surface area contributed by atoms with E-state index < -0.39 is 0 Å². The summed E-state index contributed by atoms with van der Waals surface area (Å²) in [6.45, 7) is 5.92. The SMILES string of the molecule is CCCCCCCCC1CC1CCCCCCCCC(CCCCCCCC)C1CCCCN1. The summed E-state index contributed by atoms with van der Waals surface area (Å²) in [5, 5.41) is 3.89. The van der Waals surface area contributed by atoms with Crippen molar-refractivity contribution in [2.75, 3.05) is 6.54 Å². The van der Waals surface area contributed by atoms with Gasteiger partial charge in [0.15, 0.2) is 0 Å². The number of nitrogens with one attached hydrogen (secondary N) is 1. The molecule has 4 unspecified atom stereocenters. The second-order valence-corrected chi connectivity index (χ2v) is 12.4. The molecular weight excluding hydrogens is 410 g/mol. The fourth-order valence-corrected chi connectivity index (χ4v) is 6.74. The van der Waals surface area contributed by atoms with E-state index in [1.54, 1.807) is 19.3 Å². The molecule has 0 aromatic rings. The van der Waals surface area contributed by atoms with Crippen LogP contribution in [0.4, 0.5) is 0 Å². The van der Waals surface area contributed by atoms with Crippen molar-refractivity contribution in [3.8, 4) is 0 Å². The fraction of sp³-hybridized carbons (Fsp3) is 1.00. The summed E-state index contributed by atoms with van der Waals surface area (Å²) in [6, 6.07) is 0.840. The van der Waals surface area contributed by atoms with Crippen LogP contribution < -0.4 is 5.32 Å². The van der Waals surface area contributed by atoms with Gasteiger partial charge >= 0.3 is 0 Å². The minimum atomic E-state index is 0.840. The Morgan fingerprint density at radius 3 is 1.50 bits per heavy atom.